The van der Waals surface area contributed by atoms with Gasteiger partial charge in [0.2, 0.25) is 0 Å². The van der Waals surface area contributed by atoms with Crippen LogP contribution in [0.1, 0.15) is 54.9 Å². The molecule has 24 heavy (non-hydrogen) atoms. The fraction of sp³-hybridized carbons (Fsp3) is 0.286. The van der Waals surface area contributed by atoms with Crippen LogP contribution in [0, 0.1) is 29.0 Å². The summed E-state index contributed by atoms with van der Waals surface area (Å²) in [4.78, 5) is 0. The second-order valence-electron chi connectivity index (χ2n) is 5.71. The van der Waals surface area contributed by atoms with E-state index in [-0.39, 0.29) is 16.9 Å². The summed E-state index contributed by atoms with van der Waals surface area (Å²) in [5.74, 6) is 5.54. The molecular formula is C21H20FNO. The van der Waals surface area contributed by atoms with E-state index in [0.717, 1.165) is 30.4 Å². The molecule has 2 aromatic carbocycles. The van der Waals surface area contributed by atoms with E-state index in [4.69, 9.17) is 5.26 Å². The Balaban J connectivity index is 2.22. The Morgan fingerprint density at radius 1 is 1.00 bits per heavy atom. The standard InChI is InChI=1S/C21H20FNO/c1-2-3-4-5-6-19-14-20(24)12-11-17(19)9-10-18-8-7-16(15-23)13-21(18)22/h7-8,11-14,24H,2-6H2,1H3. The van der Waals surface area contributed by atoms with E-state index in [0.29, 0.717) is 0 Å². The van der Waals surface area contributed by atoms with Gasteiger partial charge in [-0.15, -0.1) is 0 Å². The molecule has 0 radical (unpaired) electrons. The molecule has 0 saturated heterocycles. The molecule has 2 aromatic rings. The van der Waals surface area contributed by atoms with E-state index in [1.807, 2.05) is 6.07 Å². The Kier molecular flexibility index (Phi) is 6.41. The number of unbranched alkanes of at least 4 members (excludes halogenated alkanes) is 3. The Hall–Kier alpha value is -2.78. The van der Waals surface area contributed by atoms with Crippen LogP contribution < -0.4 is 0 Å². The molecule has 0 spiro atoms. The molecule has 0 unspecified atom stereocenters. The van der Waals surface area contributed by atoms with Gasteiger partial charge in [0.05, 0.1) is 17.2 Å². The predicted octanol–water partition coefficient (Wildman–Crippen LogP) is 4.93. The van der Waals surface area contributed by atoms with E-state index >= 15 is 0 Å². The Morgan fingerprint density at radius 2 is 1.75 bits per heavy atom. The zero-order valence-corrected chi connectivity index (χ0v) is 13.8. The van der Waals surface area contributed by atoms with Crippen LogP contribution in [0.5, 0.6) is 5.75 Å². The highest BCUT2D eigenvalue weighted by Crippen LogP contribution is 2.19. The molecule has 0 aliphatic rings. The molecular weight excluding hydrogens is 301 g/mol. The molecule has 0 aliphatic carbocycles. The van der Waals surface area contributed by atoms with Crippen molar-refractivity contribution in [2.24, 2.45) is 0 Å². The number of aryl methyl sites for hydroxylation is 1. The second-order valence-corrected chi connectivity index (χ2v) is 5.71. The third-order valence-electron chi connectivity index (χ3n) is 3.82. The summed E-state index contributed by atoms with van der Waals surface area (Å²) in [7, 11) is 0. The lowest BCUT2D eigenvalue weighted by Gasteiger charge is -2.05. The summed E-state index contributed by atoms with van der Waals surface area (Å²) in [5, 5.41) is 18.5. The molecule has 0 amide bonds. The van der Waals surface area contributed by atoms with Gasteiger partial charge in [-0.2, -0.15) is 5.26 Å². The van der Waals surface area contributed by atoms with Crippen molar-refractivity contribution in [3.63, 3.8) is 0 Å². The normalized spacial score (nSPS) is 9.88. The molecule has 2 rings (SSSR count). The predicted molar refractivity (Wildman–Crippen MR) is 93.0 cm³/mol. The largest absolute Gasteiger partial charge is 0.508 e. The Labute approximate surface area is 142 Å². The van der Waals surface area contributed by atoms with Crippen LogP contribution in [0.15, 0.2) is 36.4 Å². The quantitative estimate of drug-likeness (QED) is 0.627. The molecule has 0 aromatic heterocycles. The summed E-state index contributed by atoms with van der Waals surface area (Å²) < 4.78 is 13.9. The van der Waals surface area contributed by atoms with Crippen LogP contribution in [0.4, 0.5) is 4.39 Å². The van der Waals surface area contributed by atoms with Gasteiger partial charge < -0.3 is 5.11 Å². The third-order valence-corrected chi connectivity index (χ3v) is 3.82. The molecule has 0 atom stereocenters. The van der Waals surface area contributed by atoms with Gasteiger partial charge in [0, 0.05) is 5.56 Å². The number of aromatic hydroxyl groups is 1. The summed E-state index contributed by atoms with van der Waals surface area (Å²) in [5.41, 5.74) is 2.32. The Bertz CT molecular complexity index is 809. The second kappa shape index (κ2) is 8.75. The first-order chi connectivity index (χ1) is 11.6. The van der Waals surface area contributed by atoms with Crippen LogP contribution in [-0.2, 0) is 6.42 Å². The smallest absolute Gasteiger partial charge is 0.140 e. The number of benzene rings is 2. The molecule has 0 aliphatic heterocycles. The van der Waals surface area contributed by atoms with Gasteiger partial charge >= 0.3 is 0 Å². The first kappa shape index (κ1) is 17.6. The number of nitrogens with zero attached hydrogens (tertiary/aromatic N) is 1. The van der Waals surface area contributed by atoms with Crippen molar-refractivity contribution in [3.05, 3.63) is 64.5 Å². The Morgan fingerprint density at radius 3 is 2.46 bits per heavy atom. The van der Waals surface area contributed by atoms with E-state index in [2.05, 4.69) is 18.8 Å². The summed E-state index contributed by atoms with van der Waals surface area (Å²) in [6.07, 6.45) is 5.38. The van der Waals surface area contributed by atoms with E-state index in [9.17, 15) is 9.50 Å². The highest BCUT2D eigenvalue weighted by Gasteiger charge is 2.04. The molecule has 0 heterocycles. The molecule has 0 fully saturated rings. The minimum atomic E-state index is -0.496. The average Bonchev–Trinajstić information content (AvgIpc) is 2.58. The van der Waals surface area contributed by atoms with Gasteiger partial charge in [0.1, 0.15) is 11.6 Å². The number of phenolic OH excluding ortho intramolecular Hbond substituents is 1. The first-order valence-corrected chi connectivity index (χ1v) is 8.17. The van der Waals surface area contributed by atoms with Crippen molar-refractivity contribution < 1.29 is 9.50 Å². The van der Waals surface area contributed by atoms with Gasteiger partial charge in [0.25, 0.3) is 0 Å². The molecule has 1 N–H and O–H groups in total. The molecule has 122 valence electrons. The van der Waals surface area contributed by atoms with Crippen molar-refractivity contribution in [3.8, 4) is 23.7 Å². The summed E-state index contributed by atoms with van der Waals surface area (Å²) >= 11 is 0. The lowest BCUT2D eigenvalue weighted by Crippen LogP contribution is -1.92. The van der Waals surface area contributed by atoms with Crippen molar-refractivity contribution in [1.82, 2.24) is 0 Å². The van der Waals surface area contributed by atoms with Gasteiger partial charge in [-0.25, -0.2) is 4.39 Å². The van der Waals surface area contributed by atoms with Crippen molar-refractivity contribution in [2.75, 3.05) is 0 Å². The minimum Gasteiger partial charge on any atom is -0.508 e. The SMILES string of the molecule is CCCCCCc1cc(O)ccc1C#Cc1ccc(C#N)cc1F. The molecule has 3 heteroatoms. The highest BCUT2D eigenvalue weighted by atomic mass is 19.1. The van der Waals surface area contributed by atoms with Crippen LogP contribution in [0.3, 0.4) is 0 Å². The maximum atomic E-state index is 13.9. The van der Waals surface area contributed by atoms with Crippen molar-refractivity contribution in [1.29, 1.82) is 5.26 Å². The molecule has 0 saturated carbocycles. The maximum absolute atomic E-state index is 13.9. The van der Waals surface area contributed by atoms with Crippen molar-refractivity contribution in [2.45, 2.75) is 39.0 Å². The average molecular weight is 321 g/mol. The van der Waals surface area contributed by atoms with Gasteiger partial charge in [-0.3, -0.25) is 0 Å². The number of hydrogen-bond acceptors (Lipinski definition) is 2. The van der Waals surface area contributed by atoms with Gasteiger partial charge in [-0.05, 0) is 54.8 Å². The fourth-order valence-electron chi connectivity index (χ4n) is 2.47. The molecule has 2 nitrogen and oxygen atoms in total. The van der Waals surface area contributed by atoms with Crippen LogP contribution in [0.2, 0.25) is 0 Å². The number of halogens is 1. The van der Waals surface area contributed by atoms with E-state index in [1.54, 1.807) is 24.3 Å². The zero-order chi connectivity index (χ0) is 17.4. The van der Waals surface area contributed by atoms with Gasteiger partial charge in [0.15, 0.2) is 0 Å². The van der Waals surface area contributed by atoms with Crippen LogP contribution in [-0.4, -0.2) is 5.11 Å². The van der Waals surface area contributed by atoms with Crippen LogP contribution in [0.25, 0.3) is 0 Å². The maximum Gasteiger partial charge on any atom is 0.140 e. The zero-order valence-electron chi connectivity index (χ0n) is 13.8. The fourth-order valence-corrected chi connectivity index (χ4v) is 2.47. The van der Waals surface area contributed by atoms with Crippen molar-refractivity contribution >= 4 is 0 Å². The lowest BCUT2D eigenvalue weighted by molar-refractivity contribution is 0.474. The topological polar surface area (TPSA) is 44.0 Å². The number of nitriles is 1. The number of rotatable bonds is 5. The number of phenols is 1. The number of hydrogen-bond donors (Lipinski definition) is 1. The van der Waals surface area contributed by atoms with E-state index < -0.39 is 5.82 Å². The van der Waals surface area contributed by atoms with Gasteiger partial charge in [-0.1, -0.05) is 38.0 Å². The monoisotopic (exact) mass is 321 g/mol. The summed E-state index contributed by atoms with van der Waals surface area (Å²) in [6, 6.07) is 11.2. The van der Waals surface area contributed by atoms with Crippen LogP contribution >= 0.6 is 0 Å². The first-order valence-electron chi connectivity index (χ1n) is 8.17. The summed E-state index contributed by atoms with van der Waals surface area (Å²) in [6.45, 7) is 2.16. The molecule has 0 bridgehead atoms. The lowest BCUT2D eigenvalue weighted by atomic mass is 10.0. The van der Waals surface area contributed by atoms with E-state index in [1.165, 1.54) is 25.0 Å². The third kappa shape index (κ3) is 4.86. The minimum absolute atomic E-state index is 0.218. The highest BCUT2D eigenvalue weighted by molar-refractivity contribution is 5.50.